The van der Waals surface area contributed by atoms with Crippen molar-refractivity contribution in [3.63, 3.8) is 0 Å². The Hall–Kier alpha value is -4.15. The monoisotopic (exact) mass is 509 g/mol. The quantitative estimate of drug-likeness (QED) is 0.263. The van der Waals surface area contributed by atoms with Crippen LogP contribution in [0.5, 0.6) is 11.5 Å². The Morgan fingerprint density at radius 2 is 1.97 bits per heavy atom. The standard InChI is InChI=1S/C24H20ClN5O4S/c1-33-20-8-3-2-7-18(20)28-24(35)30-19-10-9-17(12-21(19)34-14-22(30)31)27-23(32)29-26-13-15-5-4-6-16(25)11-15/h2-13H,14H2,1H3,(H,28,35)(H2,27,29,32)/b26-13+. The topological polar surface area (TPSA) is 104 Å². The molecule has 0 radical (unpaired) electrons. The molecule has 0 saturated carbocycles. The Morgan fingerprint density at radius 3 is 2.77 bits per heavy atom. The summed E-state index contributed by atoms with van der Waals surface area (Å²) in [5.41, 5.74) is 4.62. The summed E-state index contributed by atoms with van der Waals surface area (Å²) in [7, 11) is 1.55. The second-order valence-corrected chi connectivity index (χ2v) is 8.03. The number of carbonyl (C=O) groups is 2. The van der Waals surface area contributed by atoms with Crippen molar-refractivity contribution in [3.05, 3.63) is 77.3 Å². The third-order valence-electron chi connectivity index (χ3n) is 4.84. The molecule has 0 saturated heterocycles. The number of nitrogens with zero attached hydrogens (tertiary/aromatic N) is 2. The van der Waals surface area contributed by atoms with Crippen LogP contribution in [0.2, 0.25) is 5.02 Å². The van der Waals surface area contributed by atoms with E-state index in [4.69, 9.17) is 33.3 Å². The van der Waals surface area contributed by atoms with Gasteiger partial charge in [-0.05, 0) is 54.2 Å². The molecule has 3 aromatic rings. The zero-order valence-corrected chi connectivity index (χ0v) is 20.0. The Morgan fingerprint density at radius 1 is 1.14 bits per heavy atom. The van der Waals surface area contributed by atoms with Gasteiger partial charge in [-0.2, -0.15) is 5.10 Å². The van der Waals surface area contributed by atoms with Crippen LogP contribution < -0.4 is 30.4 Å². The average Bonchev–Trinajstić information content (AvgIpc) is 2.84. The average molecular weight is 510 g/mol. The third-order valence-corrected chi connectivity index (χ3v) is 5.36. The van der Waals surface area contributed by atoms with E-state index in [2.05, 4.69) is 21.2 Å². The van der Waals surface area contributed by atoms with Gasteiger partial charge < -0.3 is 20.1 Å². The predicted octanol–water partition coefficient (Wildman–Crippen LogP) is 4.63. The maximum Gasteiger partial charge on any atom is 0.339 e. The van der Waals surface area contributed by atoms with Crippen LogP contribution in [-0.4, -0.2) is 37.0 Å². The van der Waals surface area contributed by atoms with Crippen LogP contribution in [0.4, 0.5) is 21.9 Å². The second-order valence-electron chi connectivity index (χ2n) is 7.21. The molecule has 0 bridgehead atoms. The fraction of sp³-hybridized carbons (Fsp3) is 0.0833. The number of hydrogen-bond donors (Lipinski definition) is 3. The highest BCUT2D eigenvalue weighted by Gasteiger charge is 2.29. The minimum atomic E-state index is -0.555. The molecular formula is C24H20ClN5O4S. The fourth-order valence-electron chi connectivity index (χ4n) is 3.28. The number of benzene rings is 3. The van der Waals surface area contributed by atoms with Gasteiger partial charge in [-0.3, -0.25) is 9.69 Å². The smallest absolute Gasteiger partial charge is 0.339 e. The van der Waals surface area contributed by atoms with E-state index in [1.807, 2.05) is 12.1 Å². The summed E-state index contributed by atoms with van der Waals surface area (Å²) >= 11 is 11.4. The van der Waals surface area contributed by atoms with Crippen molar-refractivity contribution in [2.45, 2.75) is 0 Å². The number of rotatable bonds is 5. The Balaban J connectivity index is 1.44. The van der Waals surface area contributed by atoms with E-state index in [9.17, 15) is 9.59 Å². The molecule has 1 heterocycles. The number of thiocarbonyl (C=S) groups is 1. The molecular weight excluding hydrogens is 490 g/mol. The van der Waals surface area contributed by atoms with Gasteiger partial charge in [0.25, 0.3) is 5.91 Å². The van der Waals surface area contributed by atoms with Crippen LogP contribution in [0.1, 0.15) is 5.56 Å². The molecule has 1 aliphatic heterocycles. The van der Waals surface area contributed by atoms with E-state index in [0.29, 0.717) is 33.6 Å². The van der Waals surface area contributed by atoms with Gasteiger partial charge in [0.15, 0.2) is 11.7 Å². The molecule has 0 atom stereocenters. The molecule has 0 aliphatic carbocycles. The molecule has 0 spiro atoms. The van der Waals surface area contributed by atoms with Gasteiger partial charge in [-0.15, -0.1) is 0 Å². The zero-order valence-electron chi connectivity index (χ0n) is 18.4. The zero-order chi connectivity index (χ0) is 24.8. The number of hydrazone groups is 1. The van der Waals surface area contributed by atoms with Crippen molar-refractivity contribution in [2.75, 3.05) is 29.3 Å². The van der Waals surface area contributed by atoms with Gasteiger partial charge in [0.05, 0.1) is 24.7 Å². The van der Waals surface area contributed by atoms with Gasteiger partial charge in [-0.25, -0.2) is 10.2 Å². The summed E-state index contributed by atoms with van der Waals surface area (Å²) in [5.74, 6) is 0.632. The summed E-state index contributed by atoms with van der Waals surface area (Å²) in [6.07, 6.45) is 1.47. The lowest BCUT2D eigenvalue weighted by Gasteiger charge is -2.30. The minimum absolute atomic E-state index is 0.165. The lowest BCUT2D eigenvalue weighted by atomic mass is 10.2. The number of halogens is 1. The van der Waals surface area contributed by atoms with Crippen LogP contribution in [-0.2, 0) is 4.79 Å². The van der Waals surface area contributed by atoms with Crippen LogP contribution in [0.3, 0.4) is 0 Å². The van der Waals surface area contributed by atoms with Crippen LogP contribution in [0, 0.1) is 0 Å². The van der Waals surface area contributed by atoms with Crippen LogP contribution >= 0.6 is 23.8 Å². The normalized spacial score (nSPS) is 12.5. The summed E-state index contributed by atoms with van der Waals surface area (Å²) in [4.78, 5) is 26.2. The number of carbonyl (C=O) groups excluding carboxylic acids is 2. The van der Waals surface area contributed by atoms with Crippen molar-refractivity contribution >= 4 is 64.1 Å². The molecule has 35 heavy (non-hydrogen) atoms. The van der Waals surface area contributed by atoms with Gasteiger partial charge >= 0.3 is 6.03 Å². The number of nitrogens with one attached hydrogen (secondary N) is 3. The van der Waals surface area contributed by atoms with E-state index < -0.39 is 6.03 Å². The molecule has 0 unspecified atom stereocenters. The molecule has 3 aromatic carbocycles. The van der Waals surface area contributed by atoms with E-state index in [0.717, 1.165) is 5.56 Å². The molecule has 3 N–H and O–H groups in total. The van der Waals surface area contributed by atoms with Crippen molar-refractivity contribution < 1.29 is 19.1 Å². The van der Waals surface area contributed by atoms with Gasteiger partial charge in [-0.1, -0.05) is 35.9 Å². The number of urea groups is 1. The minimum Gasteiger partial charge on any atom is -0.495 e. The van der Waals surface area contributed by atoms with Crippen molar-refractivity contribution in [3.8, 4) is 11.5 Å². The lowest BCUT2D eigenvalue weighted by Crippen LogP contribution is -2.45. The van der Waals surface area contributed by atoms with Gasteiger partial charge in [0.1, 0.15) is 11.5 Å². The first-order valence-electron chi connectivity index (χ1n) is 10.3. The molecule has 178 valence electrons. The highest BCUT2D eigenvalue weighted by atomic mass is 35.5. The molecule has 9 nitrogen and oxygen atoms in total. The number of methoxy groups -OCH3 is 1. The fourth-order valence-corrected chi connectivity index (χ4v) is 3.79. The Labute approximate surface area is 211 Å². The first kappa shape index (κ1) is 24.0. The highest BCUT2D eigenvalue weighted by Crippen LogP contribution is 2.35. The van der Waals surface area contributed by atoms with E-state index in [1.165, 1.54) is 11.1 Å². The molecule has 3 amide bonds. The summed E-state index contributed by atoms with van der Waals surface area (Å²) in [5, 5.41) is 10.3. The molecule has 4 rings (SSSR count). The first-order valence-corrected chi connectivity index (χ1v) is 11.1. The summed E-state index contributed by atoms with van der Waals surface area (Å²) in [6.45, 7) is -0.208. The van der Waals surface area contributed by atoms with Crippen molar-refractivity contribution in [1.29, 1.82) is 0 Å². The Kier molecular flexibility index (Phi) is 7.44. The second kappa shape index (κ2) is 10.9. The highest BCUT2D eigenvalue weighted by molar-refractivity contribution is 7.80. The maximum atomic E-state index is 12.6. The van der Waals surface area contributed by atoms with Crippen LogP contribution in [0.25, 0.3) is 0 Å². The van der Waals surface area contributed by atoms with Gasteiger partial charge in [0.2, 0.25) is 0 Å². The van der Waals surface area contributed by atoms with E-state index in [-0.39, 0.29) is 17.6 Å². The molecule has 1 aliphatic rings. The number of para-hydroxylation sites is 2. The molecule has 0 fully saturated rings. The Bertz CT molecular complexity index is 1320. The first-order chi connectivity index (χ1) is 16.9. The lowest BCUT2D eigenvalue weighted by molar-refractivity contribution is -0.120. The summed E-state index contributed by atoms with van der Waals surface area (Å²) in [6, 6.07) is 18.6. The number of amides is 3. The van der Waals surface area contributed by atoms with E-state index in [1.54, 1.807) is 61.7 Å². The van der Waals surface area contributed by atoms with Crippen molar-refractivity contribution in [2.24, 2.45) is 5.10 Å². The van der Waals surface area contributed by atoms with E-state index >= 15 is 0 Å². The molecule has 0 aromatic heterocycles. The van der Waals surface area contributed by atoms with Crippen molar-refractivity contribution in [1.82, 2.24) is 5.43 Å². The number of hydrogen-bond acceptors (Lipinski definition) is 6. The predicted molar refractivity (Wildman–Crippen MR) is 140 cm³/mol. The number of ether oxygens (including phenoxy) is 2. The number of fused-ring (bicyclic) bond motifs is 1. The number of anilines is 3. The maximum absolute atomic E-state index is 12.6. The van der Waals surface area contributed by atoms with Crippen LogP contribution in [0.15, 0.2) is 71.8 Å². The SMILES string of the molecule is COc1ccccc1NC(=S)N1C(=O)COc2cc(NC(=O)N/N=C/c3cccc(Cl)c3)ccc21. The van der Waals surface area contributed by atoms with Gasteiger partial charge in [0, 0.05) is 16.8 Å². The largest absolute Gasteiger partial charge is 0.495 e. The summed E-state index contributed by atoms with van der Waals surface area (Å²) < 4.78 is 10.9. The third kappa shape index (κ3) is 5.86. The molecule has 11 heteroatoms.